The maximum Gasteiger partial charge on any atom is 0.308 e. The molecule has 4 nitrogen and oxygen atoms in total. The van der Waals surface area contributed by atoms with Crippen LogP contribution < -0.4 is 5.56 Å². The van der Waals surface area contributed by atoms with Gasteiger partial charge in [0, 0.05) is 16.8 Å². The molecule has 0 aromatic carbocycles. The molecular weight excluding hydrogens is 194 g/mol. The first-order valence-electron chi connectivity index (χ1n) is 4.50. The van der Waals surface area contributed by atoms with Crippen molar-refractivity contribution in [3.63, 3.8) is 0 Å². The first-order chi connectivity index (χ1) is 7.18. The van der Waals surface area contributed by atoms with Gasteiger partial charge in [0.2, 0.25) is 0 Å². The topological polar surface area (TPSA) is 70.2 Å². The first-order valence-corrected chi connectivity index (χ1v) is 4.50. The van der Waals surface area contributed by atoms with Gasteiger partial charge in [-0.25, -0.2) is 0 Å². The third-order valence-electron chi connectivity index (χ3n) is 2.21. The molecule has 2 rings (SSSR count). The van der Waals surface area contributed by atoms with E-state index in [9.17, 15) is 9.59 Å². The van der Waals surface area contributed by atoms with Gasteiger partial charge >= 0.3 is 5.97 Å². The van der Waals surface area contributed by atoms with E-state index in [1.54, 1.807) is 24.3 Å². The van der Waals surface area contributed by atoms with Gasteiger partial charge in [-0.05, 0) is 6.07 Å². The molecule has 1 aliphatic carbocycles. The Labute approximate surface area is 85.5 Å². The molecule has 0 unspecified atom stereocenters. The van der Waals surface area contributed by atoms with Gasteiger partial charge < -0.3 is 10.1 Å². The number of hydrogen-bond donors (Lipinski definition) is 2. The van der Waals surface area contributed by atoms with Gasteiger partial charge in [-0.1, -0.05) is 24.3 Å². The Morgan fingerprint density at radius 3 is 2.73 bits per heavy atom. The van der Waals surface area contributed by atoms with Crippen LogP contribution >= 0.6 is 0 Å². The number of H-pyrrole nitrogens is 1. The third-order valence-corrected chi connectivity index (χ3v) is 2.21. The van der Waals surface area contributed by atoms with Crippen LogP contribution in [0.1, 0.15) is 5.56 Å². The number of hydrogen-bond acceptors (Lipinski definition) is 2. The first kappa shape index (κ1) is 9.45. The summed E-state index contributed by atoms with van der Waals surface area (Å²) in [6, 6.07) is 8.89. The van der Waals surface area contributed by atoms with Gasteiger partial charge in [-0.15, -0.1) is 0 Å². The Balaban J connectivity index is 2.63. The third kappa shape index (κ3) is 1.74. The molecule has 0 aromatic rings. The average Bonchev–Trinajstić information content (AvgIpc) is 2.39. The predicted octanol–water partition coefficient (Wildman–Crippen LogP) is 1.11. The minimum atomic E-state index is -1.00. The summed E-state index contributed by atoms with van der Waals surface area (Å²) in [6.07, 6.45) is -0.247. The standard InChI is InChI=1S/C11H9NO3/c13-10(14)6-8-7-4-2-1-3-5-9(7)12-11(8)15/h1-5H,6H2,(H,12,15)(H,13,14). The minimum absolute atomic E-state index is 0.247. The van der Waals surface area contributed by atoms with E-state index in [2.05, 4.69) is 4.98 Å². The smallest absolute Gasteiger partial charge is 0.308 e. The Bertz CT molecular complexity index is 530. The Morgan fingerprint density at radius 1 is 1.27 bits per heavy atom. The van der Waals surface area contributed by atoms with Crippen LogP contribution in [0.2, 0.25) is 0 Å². The fourth-order valence-electron chi connectivity index (χ4n) is 1.57. The quantitative estimate of drug-likeness (QED) is 0.768. The fraction of sp³-hybridized carbons (Fsp3) is 0.0909. The molecule has 76 valence electrons. The zero-order valence-corrected chi connectivity index (χ0v) is 7.86. The molecule has 15 heavy (non-hydrogen) atoms. The van der Waals surface area contributed by atoms with Gasteiger partial charge in [0.05, 0.1) is 6.42 Å². The monoisotopic (exact) mass is 203 g/mol. The van der Waals surface area contributed by atoms with Crippen LogP contribution in [-0.4, -0.2) is 16.1 Å². The highest BCUT2D eigenvalue weighted by Gasteiger charge is 2.15. The number of rotatable bonds is 2. The maximum absolute atomic E-state index is 11.5. The molecule has 2 N–H and O–H groups in total. The van der Waals surface area contributed by atoms with Crippen molar-refractivity contribution in [3.8, 4) is 11.3 Å². The second-order valence-electron chi connectivity index (χ2n) is 3.24. The van der Waals surface area contributed by atoms with E-state index < -0.39 is 5.97 Å². The molecule has 4 heteroatoms. The molecule has 0 radical (unpaired) electrons. The van der Waals surface area contributed by atoms with Gasteiger partial charge in [0.15, 0.2) is 0 Å². The molecule has 0 bridgehead atoms. The van der Waals surface area contributed by atoms with Gasteiger partial charge in [-0.2, -0.15) is 0 Å². The normalized spacial score (nSPS) is 10.4. The molecular formula is C11H9NO3. The lowest BCUT2D eigenvalue weighted by atomic mass is 10.1. The van der Waals surface area contributed by atoms with E-state index in [-0.39, 0.29) is 12.0 Å². The van der Waals surface area contributed by atoms with E-state index in [1.165, 1.54) is 0 Å². The summed E-state index contributed by atoms with van der Waals surface area (Å²) >= 11 is 0. The lowest BCUT2D eigenvalue weighted by molar-refractivity contribution is -0.136. The number of carboxylic acid groups (broad SMARTS) is 1. The number of aliphatic carboxylic acids is 1. The molecule has 1 aliphatic heterocycles. The number of carboxylic acids is 1. The van der Waals surface area contributed by atoms with E-state index >= 15 is 0 Å². The van der Waals surface area contributed by atoms with Crippen LogP contribution in [0.4, 0.5) is 0 Å². The molecule has 0 saturated heterocycles. The molecule has 0 fully saturated rings. The van der Waals surface area contributed by atoms with Crippen LogP contribution in [0.5, 0.6) is 0 Å². The lowest BCUT2D eigenvalue weighted by Crippen LogP contribution is -2.10. The van der Waals surface area contributed by atoms with Crippen molar-refractivity contribution in [2.24, 2.45) is 0 Å². The number of nitrogens with one attached hydrogen (secondary N) is 1. The maximum atomic E-state index is 11.5. The highest BCUT2D eigenvalue weighted by molar-refractivity contribution is 5.76. The number of fused-ring (bicyclic) bond motifs is 1. The van der Waals surface area contributed by atoms with Gasteiger partial charge in [0.25, 0.3) is 5.56 Å². The van der Waals surface area contributed by atoms with Crippen LogP contribution in [0.15, 0.2) is 35.1 Å². The zero-order chi connectivity index (χ0) is 10.8. The van der Waals surface area contributed by atoms with Crippen LogP contribution in [0.25, 0.3) is 11.3 Å². The summed E-state index contributed by atoms with van der Waals surface area (Å²) < 4.78 is 0. The van der Waals surface area contributed by atoms with Crippen LogP contribution in [0, 0.1) is 0 Å². The van der Waals surface area contributed by atoms with Crippen molar-refractivity contribution in [2.75, 3.05) is 0 Å². The van der Waals surface area contributed by atoms with Crippen molar-refractivity contribution in [3.05, 3.63) is 46.2 Å². The van der Waals surface area contributed by atoms with E-state index in [0.717, 1.165) is 0 Å². The summed E-state index contributed by atoms with van der Waals surface area (Å²) in [6.45, 7) is 0. The highest BCUT2D eigenvalue weighted by Crippen LogP contribution is 2.20. The van der Waals surface area contributed by atoms with Crippen LogP contribution in [-0.2, 0) is 11.2 Å². The summed E-state index contributed by atoms with van der Waals surface area (Å²) in [5, 5.41) is 8.68. The molecule has 0 atom stereocenters. The minimum Gasteiger partial charge on any atom is -0.481 e. The second-order valence-corrected chi connectivity index (χ2v) is 3.24. The Morgan fingerprint density at radius 2 is 2.00 bits per heavy atom. The summed E-state index contributed by atoms with van der Waals surface area (Å²) in [7, 11) is 0. The van der Waals surface area contributed by atoms with Crippen molar-refractivity contribution in [1.82, 2.24) is 4.98 Å². The number of aromatic nitrogens is 1. The number of aromatic amines is 1. The fourth-order valence-corrected chi connectivity index (χ4v) is 1.57. The largest absolute Gasteiger partial charge is 0.481 e. The highest BCUT2D eigenvalue weighted by atomic mass is 16.4. The van der Waals surface area contributed by atoms with Crippen molar-refractivity contribution in [2.45, 2.75) is 6.42 Å². The molecule has 0 aromatic heterocycles. The molecule has 0 spiro atoms. The van der Waals surface area contributed by atoms with E-state index in [0.29, 0.717) is 16.8 Å². The van der Waals surface area contributed by atoms with E-state index in [4.69, 9.17) is 5.11 Å². The number of carbonyl (C=O) groups is 1. The lowest BCUT2D eigenvalue weighted by Gasteiger charge is -1.94. The molecule has 0 amide bonds. The Kier molecular flexibility index (Phi) is 2.25. The Hall–Kier alpha value is -2.10. The van der Waals surface area contributed by atoms with Crippen LogP contribution in [0.3, 0.4) is 0 Å². The molecule has 0 saturated carbocycles. The average molecular weight is 203 g/mol. The second kappa shape index (κ2) is 3.57. The molecule has 2 aliphatic rings. The SMILES string of the molecule is O=C(O)Cc1c2cccccc-2[nH]c1=O. The summed E-state index contributed by atoms with van der Waals surface area (Å²) in [5.41, 5.74) is 1.33. The van der Waals surface area contributed by atoms with Crippen molar-refractivity contribution >= 4 is 5.97 Å². The van der Waals surface area contributed by atoms with Gasteiger partial charge in [0.1, 0.15) is 0 Å². The van der Waals surface area contributed by atoms with Crippen molar-refractivity contribution in [1.29, 1.82) is 0 Å². The van der Waals surface area contributed by atoms with Crippen molar-refractivity contribution < 1.29 is 9.90 Å². The summed E-state index contributed by atoms with van der Waals surface area (Å²) in [5.74, 6) is -1.00. The van der Waals surface area contributed by atoms with Gasteiger partial charge in [-0.3, -0.25) is 9.59 Å². The van der Waals surface area contributed by atoms with E-state index in [1.807, 2.05) is 6.07 Å². The predicted molar refractivity (Wildman–Crippen MR) is 55.0 cm³/mol. The molecule has 1 heterocycles. The summed E-state index contributed by atoms with van der Waals surface area (Å²) in [4.78, 5) is 24.7. The zero-order valence-electron chi connectivity index (χ0n) is 7.86.